The van der Waals surface area contributed by atoms with Gasteiger partial charge in [0.15, 0.2) is 0 Å². The lowest BCUT2D eigenvalue weighted by molar-refractivity contribution is 0.0930. The Bertz CT molecular complexity index is 867. The van der Waals surface area contributed by atoms with Gasteiger partial charge >= 0.3 is 0 Å². The molecule has 0 radical (unpaired) electrons. The fourth-order valence-corrected chi connectivity index (χ4v) is 2.93. The molecule has 2 heterocycles. The number of aryl methyl sites for hydroxylation is 2. The molecule has 0 saturated carbocycles. The highest BCUT2D eigenvalue weighted by Gasteiger charge is 2.20. The van der Waals surface area contributed by atoms with E-state index in [0.29, 0.717) is 16.4 Å². The Labute approximate surface area is 145 Å². The maximum Gasteiger partial charge on any atom is 0.271 e. The van der Waals surface area contributed by atoms with E-state index in [9.17, 15) is 4.79 Å². The van der Waals surface area contributed by atoms with Crippen LogP contribution in [-0.2, 0) is 7.05 Å². The molecule has 1 amide bonds. The molecule has 124 valence electrons. The zero-order valence-corrected chi connectivity index (χ0v) is 14.6. The van der Waals surface area contributed by atoms with Crippen molar-refractivity contribution in [3.05, 3.63) is 70.8 Å². The van der Waals surface area contributed by atoms with Crippen molar-refractivity contribution in [1.29, 1.82) is 0 Å². The van der Waals surface area contributed by atoms with E-state index < -0.39 is 0 Å². The molecular formula is C18H19ClN4O. The average molecular weight is 343 g/mol. The molecular weight excluding hydrogens is 324 g/mol. The Balaban J connectivity index is 1.81. The highest BCUT2D eigenvalue weighted by atomic mass is 35.5. The van der Waals surface area contributed by atoms with Crippen LogP contribution in [0.1, 0.15) is 34.7 Å². The second-order valence-electron chi connectivity index (χ2n) is 5.75. The third-order valence-electron chi connectivity index (χ3n) is 3.98. The van der Waals surface area contributed by atoms with Crippen LogP contribution in [0.25, 0.3) is 5.69 Å². The molecule has 0 aliphatic rings. The molecule has 6 heteroatoms. The van der Waals surface area contributed by atoms with Crippen molar-refractivity contribution < 1.29 is 4.79 Å². The fourth-order valence-electron chi connectivity index (χ4n) is 2.69. The summed E-state index contributed by atoms with van der Waals surface area (Å²) >= 11 is 6.18. The summed E-state index contributed by atoms with van der Waals surface area (Å²) in [4.78, 5) is 12.5. The highest BCUT2D eigenvalue weighted by molar-refractivity contribution is 6.34. The lowest BCUT2D eigenvalue weighted by Crippen LogP contribution is -2.28. The molecule has 3 rings (SSSR count). The Hall–Kier alpha value is -2.53. The van der Waals surface area contributed by atoms with E-state index >= 15 is 0 Å². The summed E-state index contributed by atoms with van der Waals surface area (Å²) in [6, 6.07) is 11.9. The highest BCUT2D eigenvalue weighted by Crippen LogP contribution is 2.21. The zero-order chi connectivity index (χ0) is 17.3. The van der Waals surface area contributed by atoms with Crippen LogP contribution in [0.3, 0.4) is 0 Å². The molecule has 0 unspecified atom stereocenters. The predicted octanol–water partition coefficient (Wildman–Crippen LogP) is 3.66. The molecule has 0 fully saturated rings. The number of amides is 1. The summed E-state index contributed by atoms with van der Waals surface area (Å²) in [7, 11) is 1.71. The monoisotopic (exact) mass is 342 g/mol. The van der Waals surface area contributed by atoms with Gasteiger partial charge in [0.2, 0.25) is 0 Å². The number of rotatable bonds is 4. The molecule has 0 aliphatic carbocycles. The van der Waals surface area contributed by atoms with Crippen molar-refractivity contribution in [3.63, 3.8) is 0 Å². The van der Waals surface area contributed by atoms with E-state index in [2.05, 4.69) is 16.5 Å². The number of aromatic nitrogens is 3. The molecule has 1 aromatic carbocycles. The lowest BCUT2D eigenvalue weighted by Gasteiger charge is -2.16. The summed E-state index contributed by atoms with van der Waals surface area (Å²) in [6.45, 7) is 3.73. The normalized spacial score (nSPS) is 12.2. The van der Waals surface area contributed by atoms with E-state index in [0.717, 1.165) is 11.3 Å². The maximum atomic E-state index is 12.5. The van der Waals surface area contributed by atoms with Crippen LogP contribution in [0.4, 0.5) is 0 Å². The van der Waals surface area contributed by atoms with Gasteiger partial charge in [-0.3, -0.25) is 9.48 Å². The first kappa shape index (κ1) is 16.3. The number of carbonyl (C=O) groups excluding carboxylic acids is 1. The maximum absolute atomic E-state index is 12.5. The second-order valence-corrected chi connectivity index (χ2v) is 6.13. The van der Waals surface area contributed by atoms with Crippen molar-refractivity contribution in [2.24, 2.45) is 7.05 Å². The van der Waals surface area contributed by atoms with Crippen molar-refractivity contribution >= 4 is 17.5 Å². The standard InChI is InChI=1S/C18H19ClN4O/c1-12(20-18(24)17-16(19)13(2)21-22(17)3)14-7-6-8-15(11-14)23-9-4-5-10-23/h4-12H,1-3H3,(H,20,24)/t12-/m0/s1. The van der Waals surface area contributed by atoms with Gasteiger partial charge in [-0.25, -0.2) is 0 Å². The third kappa shape index (κ3) is 3.08. The summed E-state index contributed by atoms with van der Waals surface area (Å²) in [5.41, 5.74) is 3.09. The largest absolute Gasteiger partial charge is 0.344 e. The van der Waals surface area contributed by atoms with Gasteiger partial charge in [-0.2, -0.15) is 5.10 Å². The van der Waals surface area contributed by atoms with Crippen LogP contribution in [-0.4, -0.2) is 20.3 Å². The van der Waals surface area contributed by atoms with Gasteiger partial charge in [0.25, 0.3) is 5.91 Å². The number of nitrogens with one attached hydrogen (secondary N) is 1. The molecule has 2 aromatic heterocycles. The van der Waals surface area contributed by atoms with Gasteiger partial charge in [0, 0.05) is 25.1 Å². The van der Waals surface area contributed by atoms with Gasteiger partial charge in [0.05, 0.1) is 16.8 Å². The number of benzene rings is 1. The fraction of sp³-hybridized carbons (Fsp3) is 0.222. The van der Waals surface area contributed by atoms with Gasteiger partial charge < -0.3 is 9.88 Å². The van der Waals surface area contributed by atoms with Crippen LogP contribution in [0, 0.1) is 6.92 Å². The SMILES string of the molecule is Cc1nn(C)c(C(=O)N[C@@H](C)c2cccc(-n3cccc3)c2)c1Cl. The van der Waals surface area contributed by atoms with Crippen LogP contribution in [0.15, 0.2) is 48.8 Å². The van der Waals surface area contributed by atoms with Crippen LogP contribution in [0.2, 0.25) is 5.02 Å². The minimum Gasteiger partial charge on any atom is -0.344 e. The number of halogens is 1. The first-order valence-corrected chi connectivity index (χ1v) is 8.08. The van der Waals surface area contributed by atoms with Crippen molar-refractivity contribution in [3.8, 4) is 5.69 Å². The Morgan fingerprint density at radius 1 is 1.25 bits per heavy atom. The summed E-state index contributed by atoms with van der Waals surface area (Å²) in [6.07, 6.45) is 3.97. The number of hydrogen-bond donors (Lipinski definition) is 1. The minimum atomic E-state index is -0.234. The molecule has 24 heavy (non-hydrogen) atoms. The van der Waals surface area contributed by atoms with E-state index in [-0.39, 0.29) is 11.9 Å². The zero-order valence-electron chi connectivity index (χ0n) is 13.8. The Morgan fingerprint density at radius 2 is 1.96 bits per heavy atom. The molecule has 5 nitrogen and oxygen atoms in total. The summed E-state index contributed by atoms with van der Waals surface area (Å²) in [5.74, 6) is -0.234. The molecule has 3 aromatic rings. The quantitative estimate of drug-likeness (QED) is 0.786. The number of carbonyl (C=O) groups is 1. The number of nitrogens with zero attached hydrogens (tertiary/aromatic N) is 3. The molecule has 1 N–H and O–H groups in total. The molecule has 0 bridgehead atoms. The van der Waals surface area contributed by atoms with Crippen LogP contribution >= 0.6 is 11.6 Å². The lowest BCUT2D eigenvalue weighted by atomic mass is 10.1. The van der Waals surface area contributed by atoms with Crippen molar-refractivity contribution in [2.75, 3.05) is 0 Å². The van der Waals surface area contributed by atoms with Gasteiger partial charge in [-0.1, -0.05) is 23.7 Å². The van der Waals surface area contributed by atoms with Gasteiger partial charge in [-0.05, 0) is 43.7 Å². The van der Waals surface area contributed by atoms with Crippen molar-refractivity contribution in [1.82, 2.24) is 19.7 Å². The molecule has 1 atom stereocenters. The summed E-state index contributed by atoms with van der Waals surface area (Å²) < 4.78 is 3.54. The first-order valence-electron chi connectivity index (χ1n) is 7.70. The van der Waals surface area contributed by atoms with Crippen LogP contribution < -0.4 is 5.32 Å². The predicted molar refractivity (Wildman–Crippen MR) is 94.6 cm³/mol. The molecule has 0 spiro atoms. The van der Waals surface area contributed by atoms with Gasteiger partial charge in [-0.15, -0.1) is 0 Å². The van der Waals surface area contributed by atoms with E-state index in [1.165, 1.54) is 4.68 Å². The van der Waals surface area contributed by atoms with Gasteiger partial charge in [0.1, 0.15) is 5.69 Å². The topological polar surface area (TPSA) is 51.9 Å². The van der Waals surface area contributed by atoms with E-state index in [1.54, 1.807) is 14.0 Å². The van der Waals surface area contributed by atoms with Crippen molar-refractivity contribution in [2.45, 2.75) is 19.9 Å². The molecule has 0 aliphatic heterocycles. The Morgan fingerprint density at radius 3 is 2.58 bits per heavy atom. The third-order valence-corrected chi connectivity index (χ3v) is 4.44. The van der Waals surface area contributed by atoms with E-state index in [4.69, 9.17) is 11.6 Å². The first-order chi connectivity index (χ1) is 11.5. The second kappa shape index (κ2) is 6.53. The van der Waals surface area contributed by atoms with E-state index in [1.807, 2.05) is 54.2 Å². The smallest absolute Gasteiger partial charge is 0.271 e. The minimum absolute atomic E-state index is 0.153. The Kier molecular flexibility index (Phi) is 4.44. The average Bonchev–Trinajstić information content (AvgIpc) is 3.16. The summed E-state index contributed by atoms with van der Waals surface area (Å²) in [5, 5.41) is 7.56. The molecule has 0 saturated heterocycles. The van der Waals surface area contributed by atoms with Crippen LogP contribution in [0.5, 0.6) is 0 Å². The number of hydrogen-bond acceptors (Lipinski definition) is 2.